The summed E-state index contributed by atoms with van der Waals surface area (Å²) in [6, 6.07) is 18.1. The van der Waals surface area contributed by atoms with Crippen LogP contribution in [0, 0.1) is 0 Å². The minimum Gasteiger partial charge on any atom is -0.505 e. The largest absolute Gasteiger partial charge is 0.505 e. The summed E-state index contributed by atoms with van der Waals surface area (Å²) in [6.45, 7) is 4.09. The van der Waals surface area contributed by atoms with E-state index in [-0.39, 0.29) is 22.0 Å². The average Bonchev–Trinajstić information content (AvgIpc) is 2.87. The zero-order chi connectivity index (χ0) is 27.4. The van der Waals surface area contributed by atoms with E-state index in [9.17, 15) is 22.9 Å². The van der Waals surface area contributed by atoms with Crippen LogP contribution in [0.1, 0.15) is 29.8 Å². The monoisotopic (exact) mass is 553 g/mol. The van der Waals surface area contributed by atoms with Gasteiger partial charge in [-0.15, -0.1) is 10.2 Å². The van der Waals surface area contributed by atoms with E-state index >= 15 is 0 Å². The van der Waals surface area contributed by atoms with Crippen molar-refractivity contribution in [2.45, 2.75) is 25.2 Å². The maximum atomic E-state index is 13.2. The van der Waals surface area contributed by atoms with Gasteiger partial charge in [0.25, 0.3) is 16.0 Å². The van der Waals surface area contributed by atoms with Crippen molar-refractivity contribution in [1.82, 2.24) is 0 Å². The van der Waals surface area contributed by atoms with E-state index in [0.717, 1.165) is 0 Å². The van der Waals surface area contributed by atoms with Crippen LogP contribution in [0.25, 0.3) is 10.8 Å². The number of aryl methyl sites for hydroxylation is 1. The predicted octanol–water partition coefficient (Wildman–Crippen LogP) is 7.07. The van der Waals surface area contributed by atoms with Crippen molar-refractivity contribution >= 4 is 55.5 Å². The molecule has 0 aliphatic heterocycles. The fourth-order valence-electron chi connectivity index (χ4n) is 3.91. The first-order valence-electron chi connectivity index (χ1n) is 11.6. The van der Waals surface area contributed by atoms with Crippen LogP contribution in [0.3, 0.4) is 0 Å². The van der Waals surface area contributed by atoms with Crippen molar-refractivity contribution in [3.8, 4) is 11.5 Å². The molecule has 11 heteroatoms. The Labute approximate surface area is 224 Å². The molecule has 1 amide bonds. The summed E-state index contributed by atoms with van der Waals surface area (Å²) in [4.78, 5) is 12.6. The van der Waals surface area contributed by atoms with Crippen molar-refractivity contribution in [3.05, 3.63) is 82.9 Å². The molecule has 0 saturated carbocycles. The normalized spacial score (nSPS) is 11.7. The van der Waals surface area contributed by atoms with Gasteiger partial charge in [-0.05, 0) is 48.6 Å². The van der Waals surface area contributed by atoms with Crippen molar-refractivity contribution < 1.29 is 27.6 Å². The van der Waals surface area contributed by atoms with Crippen LogP contribution < -0.4 is 10.1 Å². The van der Waals surface area contributed by atoms with Gasteiger partial charge in [-0.2, -0.15) is 8.42 Å². The highest BCUT2D eigenvalue weighted by Gasteiger charge is 2.23. The second-order valence-electron chi connectivity index (χ2n) is 8.17. The number of hydrogen-bond acceptors (Lipinski definition) is 7. The van der Waals surface area contributed by atoms with Gasteiger partial charge in [0.15, 0.2) is 5.75 Å². The van der Waals surface area contributed by atoms with Gasteiger partial charge in [-0.1, -0.05) is 54.9 Å². The third-order valence-electron chi connectivity index (χ3n) is 5.70. The number of hydrogen-bond donors (Lipinski definition) is 3. The second-order valence-corrected chi connectivity index (χ2v) is 9.91. The Morgan fingerprint density at radius 3 is 2.50 bits per heavy atom. The molecule has 0 atom stereocenters. The lowest BCUT2D eigenvalue weighted by Gasteiger charge is -2.12. The summed E-state index contributed by atoms with van der Waals surface area (Å²) >= 11 is 6.23. The smallest absolute Gasteiger partial charge is 0.298 e. The van der Waals surface area contributed by atoms with Crippen molar-refractivity contribution in [2.75, 3.05) is 11.9 Å². The van der Waals surface area contributed by atoms with Crippen LogP contribution in [0.15, 0.2) is 81.9 Å². The Hall–Kier alpha value is -3.99. The van der Waals surface area contributed by atoms with Crippen LogP contribution >= 0.6 is 11.6 Å². The molecular weight excluding hydrogens is 530 g/mol. The van der Waals surface area contributed by atoms with Gasteiger partial charge in [0.05, 0.1) is 17.2 Å². The first-order chi connectivity index (χ1) is 18.1. The number of rotatable bonds is 8. The number of aromatic hydroxyl groups is 1. The van der Waals surface area contributed by atoms with Gasteiger partial charge >= 0.3 is 0 Å². The van der Waals surface area contributed by atoms with E-state index in [1.807, 2.05) is 6.92 Å². The molecule has 0 aliphatic carbocycles. The number of ether oxygens (including phenoxy) is 1. The SMILES string of the molecule is CCOc1cccc(NC(=O)c2cc3ccccc3c(N=Nc3ccc(CC)c(Cl)c3S(=O)(=O)O)c2O)c1. The molecule has 3 N–H and O–H groups in total. The third kappa shape index (κ3) is 5.62. The van der Waals surface area contributed by atoms with Crippen LogP contribution in [0.2, 0.25) is 5.02 Å². The van der Waals surface area contributed by atoms with Gasteiger partial charge in [0.2, 0.25) is 0 Å². The van der Waals surface area contributed by atoms with Crippen LogP contribution in [0.4, 0.5) is 17.1 Å². The molecule has 0 spiro atoms. The standard InChI is InChI=1S/C27H24ClN3O6S/c1-3-16-12-13-22(26(23(16)28)38(34,35)36)30-31-24-20-11-6-5-8-17(20)14-21(25(24)32)27(33)29-18-9-7-10-19(15-18)37-4-2/h5-15,32H,3-4H2,1-2H3,(H,29,33)(H,34,35,36). The molecule has 4 aromatic rings. The third-order valence-corrected chi connectivity index (χ3v) is 7.17. The summed E-state index contributed by atoms with van der Waals surface area (Å²) in [5.74, 6) is -0.493. The molecule has 4 aromatic carbocycles. The zero-order valence-corrected chi connectivity index (χ0v) is 22.0. The molecule has 0 bridgehead atoms. The number of amides is 1. The number of halogens is 1. The van der Waals surface area contributed by atoms with Crippen LogP contribution in [-0.4, -0.2) is 30.6 Å². The molecule has 0 unspecified atom stereocenters. The Morgan fingerprint density at radius 2 is 1.79 bits per heavy atom. The number of phenolic OH excluding ortho intramolecular Hbond substituents is 1. The fourth-order valence-corrected chi connectivity index (χ4v) is 5.22. The first-order valence-corrected chi connectivity index (χ1v) is 13.4. The zero-order valence-electron chi connectivity index (χ0n) is 20.5. The molecule has 0 heterocycles. The van der Waals surface area contributed by atoms with E-state index in [1.165, 1.54) is 12.1 Å². The first kappa shape index (κ1) is 27.1. The summed E-state index contributed by atoms with van der Waals surface area (Å²) < 4.78 is 39.4. The quantitative estimate of drug-likeness (QED) is 0.157. The number of phenols is 1. The molecule has 0 aromatic heterocycles. The summed E-state index contributed by atoms with van der Waals surface area (Å²) in [7, 11) is -4.74. The molecular formula is C27H24ClN3O6S. The predicted molar refractivity (Wildman–Crippen MR) is 146 cm³/mol. The lowest BCUT2D eigenvalue weighted by Crippen LogP contribution is -2.12. The highest BCUT2D eigenvalue weighted by molar-refractivity contribution is 7.86. The summed E-state index contributed by atoms with van der Waals surface area (Å²) in [5, 5.41) is 22.8. The Bertz CT molecular complexity index is 1670. The van der Waals surface area contributed by atoms with Gasteiger partial charge < -0.3 is 15.2 Å². The number of nitrogens with zero attached hydrogens (tertiary/aromatic N) is 2. The number of anilines is 1. The maximum Gasteiger partial charge on any atom is 0.298 e. The Balaban J connectivity index is 1.81. The summed E-state index contributed by atoms with van der Waals surface area (Å²) in [6.07, 6.45) is 0.425. The second kappa shape index (κ2) is 11.2. The van der Waals surface area contributed by atoms with Crippen molar-refractivity contribution in [2.24, 2.45) is 10.2 Å². The minimum atomic E-state index is -4.74. The molecule has 4 rings (SSSR count). The lowest BCUT2D eigenvalue weighted by molar-refractivity contribution is 0.102. The Kier molecular flexibility index (Phi) is 7.96. The molecule has 196 valence electrons. The molecule has 0 saturated heterocycles. The van der Waals surface area contributed by atoms with Gasteiger partial charge in [-0.25, -0.2) is 0 Å². The lowest BCUT2D eigenvalue weighted by atomic mass is 10.0. The van der Waals surface area contributed by atoms with E-state index in [0.29, 0.717) is 40.8 Å². The van der Waals surface area contributed by atoms with E-state index in [1.54, 1.807) is 61.5 Å². The van der Waals surface area contributed by atoms with Crippen LogP contribution in [0.5, 0.6) is 11.5 Å². The molecule has 0 radical (unpaired) electrons. The van der Waals surface area contributed by atoms with Gasteiger partial charge in [0, 0.05) is 17.1 Å². The van der Waals surface area contributed by atoms with Crippen molar-refractivity contribution in [3.63, 3.8) is 0 Å². The number of fused-ring (bicyclic) bond motifs is 1. The number of benzene rings is 4. The van der Waals surface area contributed by atoms with E-state index in [4.69, 9.17) is 16.3 Å². The topological polar surface area (TPSA) is 138 Å². The van der Waals surface area contributed by atoms with E-state index < -0.39 is 26.7 Å². The van der Waals surface area contributed by atoms with Crippen molar-refractivity contribution in [1.29, 1.82) is 0 Å². The highest BCUT2D eigenvalue weighted by Crippen LogP contribution is 2.41. The average molecular weight is 554 g/mol. The van der Waals surface area contributed by atoms with E-state index in [2.05, 4.69) is 15.5 Å². The summed E-state index contributed by atoms with van der Waals surface area (Å²) in [5.41, 5.74) is 0.599. The number of carbonyl (C=O) groups is 1. The molecule has 0 fully saturated rings. The minimum absolute atomic E-state index is 0.0618. The fraction of sp³-hybridized carbons (Fsp3) is 0.148. The van der Waals surface area contributed by atoms with Gasteiger partial charge in [-0.3, -0.25) is 9.35 Å². The van der Waals surface area contributed by atoms with Gasteiger partial charge in [0.1, 0.15) is 22.0 Å². The Morgan fingerprint density at radius 1 is 1.03 bits per heavy atom. The number of carbonyl (C=O) groups excluding carboxylic acids is 1. The molecule has 0 aliphatic rings. The maximum absolute atomic E-state index is 13.2. The highest BCUT2D eigenvalue weighted by atomic mass is 35.5. The van der Waals surface area contributed by atoms with Crippen LogP contribution in [-0.2, 0) is 16.5 Å². The number of nitrogens with one attached hydrogen (secondary N) is 1. The molecule has 38 heavy (non-hydrogen) atoms. The number of azo groups is 1. The molecule has 9 nitrogen and oxygen atoms in total.